The highest BCUT2D eigenvalue weighted by Gasteiger charge is 2.15. The highest BCUT2D eigenvalue weighted by atomic mass is 32.2. The molecule has 0 saturated heterocycles. The highest BCUT2D eigenvalue weighted by molar-refractivity contribution is 7.85. The number of para-hydroxylation sites is 1. The summed E-state index contributed by atoms with van der Waals surface area (Å²) < 4.78 is 31.8. The summed E-state index contributed by atoms with van der Waals surface area (Å²) in [5.41, 5.74) is 6.41. The first kappa shape index (κ1) is 23.4. The van der Waals surface area contributed by atoms with E-state index in [2.05, 4.69) is 20.5 Å². The summed E-state index contributed by atoms with van der Waals surface area (Å²) in [6.45, 7) is 0. The Kier molecular flexibility index (Phi) is 6.18. The van der Waals surface area contributed by atoms with Crippen molar-refractivity contribution in [3.63, 3.8) is 0 Å². The Morgan fingerprint density at radius 1 is 0.829 bits per heavy atom. The zero-order chi connectivity index (χ0) is 25.2. The first-order chi connectivity index (χ1) is 16.6. The van der Waals surface area contributed by atoms with Gasteiger partial charge in [0.2, 0.25) is 0 Å². The van der Waals surface area contributed by atoms with E-state index in [-0.39, 0.29) is 50.2 Å². The van der Waals surface area contributed by atoms with Crippen LogP contribution in [0.5, 0.6) is 5.75 Å². The molecule has 0 aliphatic heterocycles. The smallest absolute Gasteiger partial charge is 0.296 e. The van der Waals surface area contributed by atoms with Crippen molar-refractivity contribution in [2.24, 2.45) is 20.5 Å². The molecule has 35 heavy (non-hydrogen) atoms. The monoisotopic (exact) mass is 492 g/mol. The lowest BCUT2D eigenvalue weighted by Gasteiger charge is -2.08. The summed E-state index contributed by atoms with van der Waals surface area (Å²) in [5, 5.41) is 38.6. The van der Waals surface area contributed by atoms with E-state index in [9.17, 15) is 28.2 Å². The van der Waals surface area contributed by atoms with Crippen molar-refractivity contribution in [1.82, 2.24) is 0 Å². The van der Waals surface area contributed by atoms with Gasteiger partial charge >= 0.3 is 0 Å². The standard InChI is InChI=1S/C22H16N6O6S/c23-21-17(26-24-14-4-3-5-15(12-14)35(32,33)34)10-8-13-9-11-18(22(29)20(13)21)27-25-16-6-1-2-7-19(16)28(30)31/h1-12,29H,23H2,(H,32,33,34). The molecule has 176 valence electrons. The SMILES string of the molecule is Nc1c(N=Nc2cccc(S(=O)(=O)O)c2)ccc2ccc(N=Nc3ccccc3[N+](=O)[O-])c(O)c12. The van der Waals surface area contributed by atoms with Gasteiger partial charge in [-0.05, 0) is 41.8 Å². The fraction of sp³-hybridized carbons (Fsp3) is 0. The van der Waals surface area contributed by atoms with Crippen molar-refractivity contribution in [2.45, 2.75) is 4.90 Å². The molecule has 0 aliphatic carbocycles. The molecule has 0 saturated carbocycles. The Bertz CT molecular complexity index is 1640. The highest BCUT2D eigenvalue weighted by Crippen LogP contribution is 2.42. The Labute approximate surface area is 198 Å². The van der Waals surface area contributed by atoms with Gasteiger partial charge in [-0.1, -0.05) is 30.3 Å². The zero-order valence-corrected chi connectivity index (χ0v) is 18.5. The lowest BCUT2D eigenvalue weighted by Crippen LogP contribution is -1.96. The molecule has 0 bridgehead atoms. The fourth-order valence-corrected chi connectivity index (χ4v) is 3.72. The van der Waals surface area contributed by atoms with Gasteiger partial charge in [0, 0.05) is 6.07 Å². The van der Waals surface area contributed by atoms with Crippen LogP contribution in [0.3, 0.4) is 0 Å². The number of rotatable bonds is 6. The van der Waals surface area contributed by atoms with Crippen LogP contribution in [-0.2, 0) is 10.1 Å². The minimum Gasteiger partial charge on any atom is -0.505 e. The van der Waals surface area contributed by atoms with E-state index in [4.69, 9.17) is 5.73 Å². The minimum absolute atomic E-state index is 0.0136. The molecule has 4 aromatic rings. The average molecular weight is 492 g/mol. The van der Waals surface area contributed by atoms with E-state index < -0.39 is 15.0 Å². The number of fused-ring (bicyclic) bond motifs is 1. The van der Waals surface area contributed by atoms with Crippen LogP contribution in [0.15, 0.2) is 98.1 Å². The van der Waals surface area contributed by atoms with E-state index in [1.165, 1.54) is 42.5 Å². The molecule has 0 aliphatic rings. The summed E-state index contributed by atoms with van der Waals surface area (Å²) in [4.78, 5) is 10.2. The Hall–Kier alpha value is -4.75. The van der Waals surface area contributed by atoms with Gasteiger partial charge in [0.25, 0.3) is 15.8 Å². The number of nitrogens with two attached hydrogens (primary N) is 1. The molecule has 0 fully saturated rings. The fourth-order valence-electron chi connectivity index (χ4n) is 3.20. The Balaban J connectivity index is 1.72. The van der Waals surface area contributed by atoms with Gasteiger partial charge in [0.05, 0.1) is 26.6 Å². The van der Waals surface area contributed by atoms with Crippen LogP contribution >= 0.6 is 0 Å². The number of nitro groups is 1. The Morgan fingerprint density at radius 2 is 1.49 bits per heavy atom. The zero-order valence-electron chi connectivity index (χ0n) is 17.7. The van der Waals surface area contributed by atoms with Crippen LogP contribution in [0.25, 0.3) is 10.8 Å². The predicted octanol–water partition coefficient (Wildman–Crippen LogP) is 6.11. The summed E-state index contributed by atoms with van der Waals surface area (Å²) in [5.74, 6) is -0.312. The predicted molar refractivity (Wildman–Crippen MR) is 128 cm³/mol. The summed E-state index contributed by atoms with van der Waals surface area (Å²) in [6.07, 6.45) is 0. The third-order valence-corrected chi connectivity index (χ3v) is 5.74. The summed E-state index contributed by atoms with van der Waals surface area (Å²) in [6, 6.07) is 17.3. The van der Waals surface area contributed by atoms with Crippen LogP contribution in [0, 0.1) is 10.1 Å². The number of hydrogen-bond acceptors (Lipinski definition) is 10. The van der Waals surface area contributed by atoms with Crippen molar-refractivity contribution in [3.05, 3.63) is 82.9 Å². The normalized spacial score (nSPS) is 12.0. The van der Waals surface area contributed by atoms with Crippen LogP contribution < -0.4 is 5.73 Å². The van der Waals surface area contributed by atoms with Gasteiger partial charge in [-0.3, -0.25) is 14.7 Å². The van der Waals surface area contributed by atoms with Crippen LogP contribution in [0.4, 0.5) is 34.1 Å². The number of nitro benzene ring substituents is 1. The van der Waals surface area contributed by atoms with Gasteiger partial charge in [-0.15, -0.1) is 15.3 Å². The van der Waals surface area contributed by atoms with Crippen molar-refractivity contribution < 1.29 is 23.0 Å². The molecule has 0 unspecified atom stereocenters. The van der Waals surface area contributed by atoms with E-state index >= 15 is 0 Å². The molecule has 0 heterocycles. The van der Waals surface area contributed by atoms with Gasteiger partial charge in [0.15, 0.2) is 11.4 Å². The number of aromatic hydroxyl groups is 1. The summed E-state index contributed by atoms with van der Waals surface area (Å²) >= 11 is 0. The molecule has 4 N–H and O–H groups in total. The minimum atomic E-state index is -4.40. The van der Waals surface area contributed by atoms with Gasteiger partial charge in [0.1, 0.15) is 11.4 Å². The molecular formula is C22H16N6O6S. The van der Waals surface area contributed by atoms with Crippen molar-refractivity contribution in [1.29, 1.82) is 0 Å². The molecule has 13 heteroatoms. The van der Waals surface area contributed by atoms with Crippen LogP contribution in [0.2, 0.25) is 0 Å². The number of benzene rings is 4. The van der Waals surface area contributed by atoms with E-state index in [0.29, 0.717) is 5.39 Å². The average Bonchev–Trinajstić information content (AvgIpc) is 2.83. The van der Waals surface area contributed by atoms with Crippen LogP contribution in [0.1, 0.15) is 0 Å². The second kappa shape index (κ2) is 9.24. The van der Waals surface area contributed by atoms with Gasteiger partial charge < -0.3 is 10.8 Å². The lowest BCUT2D eigenvalue weighted by molar-refractivity contribution is -0.384. The number of azo groups is 2. The maximum Gasteiger partial charge on any atom is 0.296 e. The molecule has 12 nitrogen and oxygen atoms in total. The number of nitrogens with zero attached hydrogens (tertiary/aromatic N) is 5. The summed E-state index contributed by atoms with van der Waals surface area (Å²) in [7, 11) is -4.40. The van der Waals surface area contributed by atoms with Crippen molar-refractivity contribution in [2.75, 3.05) is 5.73 Å². The molecule has 0 radical (unpaired) electrons. The number of hydrogen-bond donors (Lipinski definition) is 3. The molecule has 0 atom stereocenters. The maximum absolute atomic E-state index is 11.3. The lowest BCUT2D eigenvalue weighted by atomic mass is 10.1. The van der Waals surface area contributed by atoms with Crippen molar-refractivity contribution >= 4 is 55.0 Å². The van der Waals surface area contributed by atoms with Crippen LogP contribution in [-0.4, -0.2) is 23.0 Å². The first-order valence-electron chi connectivity index (χ1n) is 9.84. The first-order valence-corrected chi connectivity index (χ1v) is 11.3. The number of phenolic OH excluding ortho intramolecular Hbond substituents is 1. The Morgan fingerprint density at radius 3 is 2.20 bits per heavy atom. The molecule has 4 aromatic carbocycles. The van der Waals surface area contributed by atoms with E-state index in [0.717, 1.165) is 6.07 Å². The molecular weight excluding hydrogens is 476 g/mol. The number of nitrogen functional groups attached to an aromatic ring is 1. The molecule has 0 amide bonds. The molecule has 4 rings (SSSR count). The third kappa shape index (κ3) is 4.95. The van der Waals surface area contributed by atoms with Gasteiger partial charge in [-0.25, -0.2) is 0 Å². The van der Waals surface area contributed by atoms with Crippen molar-refractivity contribution in [3.8, 4) is 5.75 Å². The number of phenols is 1. The van der Waals surface area contributed by atoms with E-state index in [1.807, 2.05) is 0 Å². The third-order valence-electron chi connectivity index (χ3n) is 4.89. The topological polar surface area (TPSA) is 193 Å². The largest absolute Gasteiger partial charge is 0.505 e. The maximum atomic E-state index is 11.3. The molecule has 0 aromatic heterocycles. The second-order valence-corrected chi connectivity index (χ2v) is 8.57. The second-order valence-electron chi connectivity index (χ2n) is 7.15. The number of anilines is 1. The quantitative estimate of drug-likeness (QED) is 0.0948. The van der Waals surface area contributed by atoms with E-state index in [1.54, 1.807) is 24.3 Å². The van der Waals surface area contributed by atoms with Gasteiger partial charge in [-0.2, -0.15) is 13.5 Å². The molecule has 0 spiro atoms.